The Bertz CT molecular complexity index is 652. The first-order chi connectivity index (χ1) is 10.0. The molecule has 0 amide bonds. The van der Waals surface area contributed by atoms with Crippen LogP contribution in [0.2, 0.25) is 5.02 Å². The Hall–Kier alpha value is -2.00. The number of methoxy groups -OCH3 is 1. The monoisotopic (exact) mass is 304 g/mol. The normalized spacial score (nSPS) is 12.0. The van der Waals surface area contributed by atoms with E-state index in [1.54, 1.807) is 18.2 Å². The summed E-state index contributed by atoms with van der Waals surface area (Å²) in [5.74, 6) is -1.04. The van der Waals surface area contributed by atoms with Crippen molar-refractivity contribution in [3.8, 4) is 5.75 Å². The van der Waals surface area contributed by atoms with Crippen LogP contribution in [0.15, 0.2) is 42.5 Å². The Morgan fingerprint density at radius 2 is 2.00 bits per heavy atom. The third-order valence-electron chi connectivity index (χ3n) is 3.55. The quantitative estimate of drug-likeness (QED) is 0.906. The van der Waals surface area contributed by atoms with Crippen LogP contribution in [0.25, 0.3) is 0 Å². The molecule has 3 nitrogen and oxygen atoms in total. The molecule has 2 aromatic rings. The third-order valence-corrected chi connectivity index (χ3v) is 3.79. The summed E-state index contributed by atoms with van der Waals surface area (Å²) >= 11 is 6.01. The molecule has 0 aliphatic heterocycles. The Kier molecular flexibility index (Phi) is 4.86. The molecule has 0 aliphatic rings. The van der Waals surface area contributed by atoms with Gasteiger partial charge >= 0.3 is 5.97 Å². The van der Waals surface area contributed by atoms with E-state index < -0.39 is 11.9 Å². The summed E-state index contributed by atoms with van der Waals surface area (Å²) < 4.78 is 5.28. The molecule has 1 atom stereocenters. The zero-order chi connectivity index (χ0) is 15.4. The van der Waals surface area contributed by atoms with Crippen LogP contribution in [0.5, 0.6) is 5.75 Å². The number of hydrogen-bond donors (Lipinski definition) is 1. The first-order valence-electron chi connectivity index (χ1n) is 6.63. The second-order valence-corrected chi connectivity index (χ2v) is 5.34. The summed E-state index contributed by atoms with van der Waals surface area (Å²) in [6.45, 7) is 1.98. The summed E-state index contributed by atoms with van der Waals surface area (Å²) in [7, 11) is 1.53. The van der Waals surface area contributed by atoms with Crippen LogP contribution in [0, 0.1) is 6.92 Å². The summed E-state index contributed by atoms with van der Waals surface area (Å²) in [4.78, 5) is 11.7. The molecule has 1 N–H and O–H groups in total. The lowest BCUT2D eigenvalue weighted by Gasteiger charge is -2.17. The molecule has 2 aromatic carbocycles. The lowest BCUT2D eigenvalue weighted by molar-refractivity contribution is -0.138. The van der Waals surface area contributed by atoms with Crippen molar-refractivity contribution in [1.29, 1.82) is 0 Å². The van der Waals surface area contributed by atoms with Crippen molar-refractivity contribution in [3.05, 3.63) is 64.2 Å². The Morgan fingerprint density at radius 3 is 2.62 bits per heavy atom. The average molecular weight is 305 g/mol. The van der Waals surface area contributed by atoms with Crippen molar-refractivity contribution in [2.45, 2.75) is 19.3 Å². The molecule has 0 bridgehead atoms. The number of rotatable bonds is 5. The van der Waals surface area contributed by atoms with Crippen molar-refractivity contribution in [2.24, 2.45) is 0 Å². The smallest absolute Gasteiger partial charge is 0.311 e. The van der Waals surface area contributed by atoms with Crippen molar-refractivity contribution in [2.75, 3.05) is 7.11 Å². The van der Waals surface area contributed by atoms with Crippen molar-refractivity contribution < 1.29 is 14.6 Å². The van der Waals surface area contributed by atoms with E-state index in [2.05, 4.69) is 0 Å². The zero-order valence-electron chi connectivity index (χ0n) is 12.0. The van der Waals surface area contributed by atoms with Crippen LogP contribution in [0.1, 0.15) is 22.6 Å². The predicted octanol–water partition coefficient (Wildman–Crippen LogP) is 4.07. The molecule has 21 heavy (non-hydrogen) atoms. The minimum atomic E-state index is -0.890. The van der Waals surface area contributed by atoms with Crippen LogP contribution in [-0.2, 0) is 11.2 Å². The molecular formula is C17H17ClO3. The van der Waals surface area contributed by atoms with Gasteiger partial charge < -0.3 is 9.84 Å². The SMILES string of the molecule is COc1ccc(Cl)cc1C(Cc1ccccc1C)C(=O)O. The molecule has 0 aromatic heterocycles. The minimum Gasteiger partial charge on any atom is -0.496 e. The predicted molar refractivity (Wildman–Crippen MR) is 83.3 cm³/mol. The van der Waals surface area contributed by atoms with Gasteiger partial charge in [0, 0.05) is 10.6 Å². The van der Waals surface area contributed by atoms with Crippen LogP contribution in [0.3, 0.4) is 0 Å². The molecule has 0 radical (unpaired) electrons. The van der Waals surface area contributed by atoms with E-state index in [0.29, 0.717) is 22.8 Å². The summed E-state index contributed by atoms with van der Waals surface area (Å²) in [5, 5.41) is 10.1. The van der Waals surface area contributed by atoms with Gasteiger partial charge in [-0.05, 0) is 42.7 Å². The van der Waals surface area contributed by atoms with E-state index in [0.717, 1.165) is 11.1 Å². The van der Waals surface area contributed by atoms with Gasteiger partial charge in [0.25, 0.3) is 0 Å². The Morgan fingerprint density at radius 1 is 1.29 bits per heavy atom. The van der Waals surface area contributed by atoms with Gasteiger partial charge in [-0.15, -0.1) is 0 Å². The molecule has 0 heterocycles. The Labute approximate surface area is 129 Å². The molecule has 110 valence electrons. The van der Waals surface area contributed by atoms with Gasteiger partial charge in [-0.25, -0.2) is 0 Å². The standard InChI is InChI=1S/C17H17ClO3/c1-11-5-3-4-6-12(11)9-15(17(19)20)14-10-13(18)7-8-16(14)21-2/h3-8,10,15H,9H2,1-2H3,(H,19,20). The highest BCUT2D eigenvalue weighted by atomic mass is 35.5. The Balaban J connectivity index is 2.43. The number of aryl methyl sites for hydroxylation is 1. The van der Waals surface area contributed by atoms with Gasteiger partial charge in [0.15, 0.2) is 0 Å². The van der Waals surface area contributed by atoms with Crippen molar-refractivity contribution in [1.82, 2.24) is 0 Å². The molecule has 0 saturated carbocycles. The van der Waals surface area contributed by atoms with E-state index in [-0.39, 0.29) is 0 Å². The lowest BCUT2D eigenvalue weighted by Crippen LogP contribution is -2.16. The molecule has 2 rings (SSSR count). The van der Waals surface area contributed by atoms with Crippen molar-refractivity contribution >= 4 is 17.6 Å². The number of carboxylic acid groups (broad SMARTS) is 1. The molecule has 1 unspecified atom stereocenters. The first kappa shape index (κ1) is 15.4. The number of ether oxygens (including phenoxy) is 1. The van der Waals surface area contributed by atoms with Gasteiger partial charge in [-0.2, -0.15) is 0 Å². The van der Waals surface area contributed by atoms with Crippen LogP contribution in [-0.4, -0.2) is 18.2 Å². The summed E-state index contributed by atoms with van der Waals surface area (Å²) in [6, 6.07) is 12.8. The largest absolute Gasteiger partial charge is 0.496 e. The fourth-order valence-corrected chi connectivity index (χ4v) is 2.55. The number of aliphatic carboxylic acids is 1. The molecular weight excluding hydrogens is 288 g/mol. The number of benzene rings is 2. The van der Waals surface area contributed by atoms with E-state index in [1.165, 1.54) is 7.11 Å². The molecule has 0 spiro atoms. The van der Waals surface area contributed by atoms with E-state index >= 15 is 0 Å². The average Bonchev–Trinajstić information content (AvgIpc) is 2.46. The topological polar surface area (TPSA) is 46.5 Å². The second kappa shape index (κ2) is 6.64. The second-order valence-electron chi connectivity index (χ2n) is 4.91. The van der Waals surface area contributed by atoms with E-state index in [9.17, 15) is 9.90 Å². The summed E-state index contributed by atoms with van der Waals surface area (Å²) in [6.07, 6.45) is 0.401. The van der Waals surface area contributed by atoms with Gasteiger partial charge in [-0.3, -0.25) is 4.79 Å². The summed E-state index contributed by atoms with van der Waals surface area (Å²) in [5.41, 5.74) is 2.68. The maximum absolute atomic E-state index is 11.7. The maximum atomic E-state index is 11.7. The molecule has 0 fully saturated rings. The molecule has 0 aliphatic carbocycles. The maximum Gasteiger partial charge on any atom is 0.311 e. The van der Waals surface area contributed by atoms with Gasteiger partial charge in [0.1, 0.15) is 5.75 Å². The fourth-order valence-electron chi connectivity index (χ4n) is 2.37. The third kappa shape index (κ3) is 3.56. The highest BCUT2D eigenvalue weighted by molar-refractivity contribution is 6.30. The molecule has 4 heteroatoms. The van der Waals surface area contributed by atoms with Gasteiger partial charge in [-0.1, -0.05) is 35.9 Å². The molecule has 0 saturated heterocycles. The van der Waals surface area contributed by atoms with Crippen LogP contribution in [0.4, 0.5) is 0 Å². The van der Waals surface area contributed by atoms with Crippen LogP contribution >= 0.6 is 11.6 Å². The van der Waals surface area contributed by atoms with E-state index in [4.69, 9.17) is 16.3 Å². The van der Waals surface area contributed by atoms with E-state index in [1.807, 2.05) is 31.2 Å². The first-order valence-corrected chi connectivity index (χ1v) is 7.01. The number of carbonyl (C=O) groups is 1. The van der Waals surface area contributed by atoms with Crippen molar-refractivity contribution in [3.63, 3.8) is 0 Å². The lowest BCUT2D eigenvalue weighted by atomic mass is 9.89. The minimum absolute atomic E-state index is 0.401. The fraction of sp³-hybridized carbons (Fsp3) is 0.235. The number of hydrogen-bond acceptors (Lipinski definition) is 2. The highest BCUT2D eigenvalue weighted by Crippen LogP contribution is 2.32. The number of carboxylic acids is 1. The highest BCUT2D eigenvalue weighted by Gasteiger charge is 2.24. The van der Waals surface area contributed by atoms with Gasteiger partial charge in [0.2, 0.25) is 0 Å². The zero-order valence-corrected chi connectivity index (χ0v) is 12.7. The van der Waals surface area contributed by atoms with Crippen LogP contribution < -0.4 is 4.74 Å². The van der Waals surface area contributed by atoms with Gasteiger partial charge in [0.05, 0.1) is 13.0 Å². The number of halogens is 1.